The van der Waals surface area contributed by atoms with Crippen molar-refractivity contribution in [2.45, 2.75) is 233 Å². The second kappa shape index (κ2) is 25.1. The molecule has 4 aliphatic rings. The van der Waals surface area contributed by atoms with E-state index in [0.29, 0.717) is 0 Å². The first kappa shape index (κ1) is 41.7. The molecule has 0 saturated heterocycles. The van der Waals surface area contributed by atoms with Gasteiger partial charge in [0.2, 0.25) is 0 Å². The summed E-state index contributed by atoms with van der Waals surface area (Å²) in [6, 6.07) is 0. The van der Waals surface area contributed by atoms with Crippen molar-refractivity contribution >= 4 is 0 Å². The van der Waals surface area contributed by atoms with Crippen molar-refractivity contribution in [1.29, 1.82) is 0 Å². The van der Waals surface area contributed by atoms with Gasteiger partial charge in [-0.05, 0) is 123 Å². The molecule has 0 bridgehead atoms. The summed E-state index contributed by atoms with van der Waals surface area (Å²) in [5.41, 5.74) is 0. The Labute approximate surface area is 309 Å². The van der Waals surface area contributed by atoms with Crippen molar-refractivity contribution in [2.24, 2.45) is 59.2 Å². The topological polar surface area (TPSA) is 9.23 Å². The Morgan fingerprint density at radius 3 is 0.980 bits per heavy atom. The van der Waals surface area contributed by atoms with Crippen molar-refractivity contribution in [3.63, 3.8) is 0 Å². The molecule has 4 saturated carbocycles. The van der Waals surface area contributed by atoms with Crippen molar-refractivity contribution in [3.05, 3.63) is 0 Å². The summed E-state index contributed by atoms with van der Waals surface area (Å²) in [5, 5.41) is 0. The fraction of sp³-hybridized carbons (Fsp3) is 1.00. The zero-order chi connectivity index (χ0) is 34.5. The van der Waals surface area contributed by atoms with Crippen LogP contribution in [0.15, 0.2) is 0 Å². The molecule has 288 valence electrons. The van der Waals surface area contributed by atoms with Gasteiger partial charge in [0.1, 0.15) is 0 Å². The molecule has 4 rings (SSSR count). The molecule has 0 aromatic rings. The van der Waals surface area contributed by atoms with Crippen LogP contribution in [-0.2, 0) is 4.74 Å². The average molecular weight is 683 g/mol. The minimum absolute atomic E-state index is 0.945. The lowest BCUT2D eigenvalue weighted by atomic mass is 9.65. The van der Waals surface area contributed by atoms with Crippen LogP contribution in [-0.4, -0.2) is 13.2 Å². The van der Waals surface area contributed by atoms with Crippen LogP contribution in [0.25, 0.3) is 0 Å². The zero-order valence-electron chi connectivity index (χ0n) is 34.2. The van der Waals surface area contributed by atoms with Crippen LogP contribution >= 0.6 is 0 Å². The van der Waals surface area contributed by atoms with E-state index >= 15 is 0 Å². The molecule has 2 atom stereocenters. The van der Waals surface area contributed by atoms with Crippen LogP contribution in [0.1, 0.15) is 233 Å². The molecule has 0 N–H and O–H groups in total. The molecule has 4 fully saturated rings. The van der Waals surface area contributed by atoms with Gasteiger partial charge in [0, 0.05) is 13.2 Å². The van der Waals surface area contributed by atoms with E-state index in [-0.39, 0.29) is 0 Å². The molecule has 1 heteroatoms. The third-order valence-electron chi connectivity index (χ3n) is 15.8. The van der Waals surface area contributed by atoms with Gasteiger partial charge in [-0.1, -0.05) is 169 Å². The Hall–Kier alpha value is -0.0400. The van der Waals surface area contributed by atoms with E-state index in [0.717, 1.165) is 72.4 Å². The summed E-state index contributed by atoms with van der Waals surface area (Å²) in [6.45, 7) is 11.7. The maximum absolute atomic E-state index is 6.76. The second-order valence-corrected chi connectivity index (χ2v) is 18.9. The SMILES string of the molecule is CCCCCCCC1CCC(C(CCOCCC(C2CCC(CC)CC2)C2CCC(CCCCCCC)CC2)C2CCC(CC)CC2)CC1. The highest BCUT2D eigenvalue weighted by molar-refractivity contribution is 4.87. The smallest absolute Gasteiger partial charge is 0.0468 e. The highest BCUT2D eigenvalue weighted by Crippen LogP contribution is 2.47. The zero-order valence-corrected chi connectivity index (χ0v) is 34.2. The lowest BCUT2D eigenvalue weighted by Gasteiger charge is -2.41. The van der Waals surface area contributed by atoms with Crippen molar-refractivity contribution in [3.8, 4) is 0 Å². The number of ether oxygens (including phenoxy) is 1. The molecule has 0 aromatic heterocycles. The van der Waals surface area contributed by atoms with Crippen molar-refractivity contribution in [1.82, 2.24) is 0 Å². The van der Waals surface area contributed by atoms with Crippen LogP contribution in [0.3, 0.4) is 0 Å². The van der Waals surface area contributed by atoms with E-state index in [1.54, 1.807) is 0 Å². The molecule has 4 aliphatic carbocycles. The summed E-state index contributed by atoms with van der Waals surface area (Å²) in [7, 11) is 0. The lowest BCUT2D eigenvalue weighted by Crippen LogP contribution is -2.32. The third kappa shape index (κ3) is 15.1. The fourth-order valence-corrected chi connectivity index (χ4v) is 12.2. The molecular weight excluding hydrogens is 593 g/mol. The van der Waals surface area contributed by atoms with Crippen molar-refractivity contribution < 1.29 is 4.74 Å². The normalized spacial score (nSPS) is 32.6. The summed E-state index contributed by atoms with van der Waals surface area (Å²) in [6.07, 6.45) is 47.5. The molecule has 0 aromatic carbocycles. The Balaban J connectivity index is 1.23. The molecule has 0 spiro atoms. The Morgan fingerprint density at radius 1 is 0.367 bits per heavy atom. The van der Waals surface area contributed by atoms with Crippen LogP contribution in [0.2, 0.25) is 0 Å². The van der Waals surface area contributed by atoms with E-state index in [9.17, 15) is 0 Å². The predicted molar refractivity (Wildman–Crippen MR) is 216 cm³/mol. The van der Waals surface area contributed by atoms with Crippen LogP contribution in [0.4, 0.5) is 0 Å². The standard InChI is InChI=1S/C48H90O/c1-5-9-11-13-15-17-41-23-31-45(32-24-41)47(43-27-19-39(7-3)20-28-43)35-37-49-38-36-48(44-29-21-40(8-4)22-30-44)46-33-25-42(26-34-46)18-16-14-12-10-6-2/h39-48H,5-38H2,1-4H3. The summed E-state index contributed by atoms with van der Waals surface area (Å²) in [4.78, 5) is 0. The number of unbranched alkanes of at least 4 members (excludes halogenated alkanes) is 8. The van der Waals surface area contributed by atoms with Gasteiger partial charge >= 0.3 is 0 Å². The summed E-state index contributed by atoms with van der Waals surface area (Å²) >= 11 is 0. The number of rotatable bonds is 24. The summed E-state index contributed by atoms with van der Waals surface area (Å²) < 4.78 is 6.76. The highest BCUT2D eigenvalue weighted by Gasteiger charge is 2.36. The third-order valence-corrected chi connectivity index (χ3v) is 15.8. The van der Waals surface area contributed by atoms with E-state index in [2.05, 4.69) is 27.7 Å². The quantitative estimate of drug-likeness (QED) is 0.0921. The van der Waals surface area contributed by atoms with Gasteiger partial charge in [0.15, 0.2) is 0 Å². The molecule has 0 radical (unpaired) electrons. The van der Waals surface area contributed by atoms with Gasteiger partial charge in [0.05, 0.1) is 0 Å². The molecule has 0 heterocycles. The van der Waals surface area contributed by atoms with Gasteiger partial charge in [-0.2, -0.15) is 0 Å². The molecule has 0 amide bonds. The molecule has 2 unspecified atom stereocenters. The monoisotopic (exact) mass is 683 g/mol. The van der Waals surface area contributed by atoms with E-state index in [1.807, 2.05) is 0 Å². The lowest BCUT2D eigenvalue weighted by molar-refractivity contribution is 0.0370. The maximum atomic E-state index is 6.76. The Bertz CT molecular complexity index is 694. The predicted octanol–water partition coefficient (Wildman–Crippen LogP) is 15.8. The number of hydrogen-bond acceptors (Lipinski definition) is 1. The van der Waals surface area contributed by atoms with Gasteiger partial charge in [-0.3, -0.25) is 0 Å². The molecular formula is C48H90O. The molecule has 0 aliphatic heterocycles. The Kier molecular flexibility index (Phi) is 21.3. The Morgan fingerprint density at radius 2 is 0.673 bits per heavy atom. The van der Waals surface area contributed by atoms with Gasteiger partial charge < -0.3 is 4.74 Å². The second-order valence-electron chi connectivity index (χ2n) is 18.9. The first-order valence-corrected chi connectivity index (χ1v) is 23.7. The summed E-state index contributed by atoms with van der Waals surface area (Å²) in [5.74, 6) is 9.96. The van der Waals surface area contributed by atoms with Gasteiger partial charge in [-0.25, -0.2) is 0 Å². The van der Waals surface area contributed by atoms with Crippen LogP contribution < -0.4 is 0 Å². The first-order chi connectivity index (χ1) is 24.1. The van der Waals surface area contributed by atoms with Crippen molar-refractivity contribution in [2.75, 3.05) is 13.2 Å². The minimum atomic E-state index is 0.945. The van der Waals surface area contributed by atoms with Gasteiger partial charge in [-0.15, -0.1) is 0 Å². The minimum Gasteiger partial charge on any atom is -0.381 e. The first-order valence-electron chi connectivity index (χ1n) is 23.7. The van der Waals surface area contributed by atoms with Gasteiger partial charge in [0.25, 0.3) is 0 Å². The van der Waals surface area contributed by atoms with Crippen LogP contribution in [0, 0.1) is 59.2 Å². The van der Waals surface area contributed by atoms with E-state index in [1.165, 1.54) is 205 Å². The molecule has 1 nitrogen and oxygen atoms in total. The average Bonchev–Trinajstić information content (AvgIpc) is 3.15. The largest absolute Gasteiger partial charge is 0.381 e. The van der Waals surface area contributed by atoms with E-state index in [4.69, 9.17) is 4.74 Å². The van der Waals surface area contributed by atoms with Crippen LogP contribution in [0.5, 0.6) is 0 Å². The fourth-order valence-electron chi connectivity index (χ4n) is 12.2. The maximum Gasteiger partial charge on any atom is 0.0468 e. The molecule has 49 heavy (non-hydrogen) atoms. The van der Waals surface area contributed by atoms with E-state index < -0.39 is 0 Å². The highest BCUT2D eigenvalue weighted by atomic mass is 16.5. The number of hydrogen-bond donors (Lipinski definition) is 0.